The third kappa shape index (κ3) is 4.37. The molecule has 0 spiro atoms. The lowest BCUT2D eigenvalue weighted by Crippen LogP contribution is -2.44. The number of amides is 1. The maximum Gasteiger partial charge on any atom is 0.328 e. The van der Waals surface area contributed by atoms with Crippen molar-refractivity contribution in [1.82, 2.24) is 24.6 Å². The van der Waals surface area contributed by atoms with Crippen LogP contribution in [0.5, 0.6) is 5.75 Å². The number of carbonyl (C=O) groups is 2. The predicted octanol–water partition coefficient (Wildman–Crippen LogP) is 0.994. The van der Waals surface area contributed by atoms with Crippen LogP contribution < -0.4 is 15.6 Å². The molecule has 0 aliphatic heterocycles. The largest absolute Gasteiger partial charge is 0.494 e. The van der Waals surface area contributed by atoms with Crippen LogP contribution >= 0.6 is 0 Å². The number of methoxy groups -OCH3 is 2. The Morgan fingerprint density at radius 3 is 2.53 bits per heavy atom. The van der Waals surface area contributed by atoms with Crippen LogP contribution in [0.3, 0.4) is 0 Å². The molecule has 156 valence electrons. The molecule has 2 aromatic heterocycles. The van der Waals surface area contributed by atoms with Gasteiger partial charge in [0.15, 0.2) is 5.75 Å². The molecule has 0 saturated heterocycles. The van der Waals surface area contributed by atoms with Gasteiger partial charge >= 0.3 is 12.0 Å². The van der Waals surface area contributed by atoms with Crippen LogP contribution in [0.25, 0.3) is 11.1 Å². The van der Waals surface area contributed by atoms with Crippen LogP contribution in [-0.2, 0) is 23.0 Å². The molecule has 0 bridgehead atoms. The first-order valence-electron chi connectivity index (χ1n) is 9.01. The zero-order valence-electron chi connectivity index (χ0n) is 16.7. The topological polar surface area (TPSA) is 117 Å². The number of esters is 1. The molecule has 0 saturated carbocycles. The minimum absolute atomic E-state index is 0.207. The van der Waals surface area contributed by atoms with Crippen LogP contribution in [0.2, 0.25) is 0 Å². The highest BCUT2D eigenvalue weighted by atomic mass is 16.5. The molecule has 30 heavy (non-hydrogen) atoms. The lowest BCUT2D eigenvalue weighted by molar-refractivity contribution is -0.142. The second-order valence-electron chi connectivity index (χ2n) is 6.41. The normalized spacial score (nSPS) is 11.6. The quantitative estimate of drug-likeness (QED) is 0.601. The molecule has 0 unspecified atom stereocenters. The van der Waals surface area contributed by atoms with E-state index in [2.05, 4.69) is 15.4 Å². The number of ether oxygens (including phenoxy) is 2. The van der Waals surface area contributed by atoms with Crippen molar-refractivity contribution in [2.45, 2.75) is 12.5 Å². The summed E-state index contributed by atoms with van der Waals surface area (Å²) in [7, 11) is 4.29. The molecule has 1 amide bonds. The number of hydrogen-bond donors (Lipinski definition) is 1. The van der Waals surface area contributed by atoms with Gasteiger partial charge in [-0.1, -0.05) is 24.3 Å². The predicted molar refractivity (Wildman–Crippen MR) is 107 cm³/mol. The summed E-state index contributed by atoms with van der Waals surface area (Å²) in [6, 6.07) is 5.66. The van der Waals surface area contributed by atoms with Gasteiger partial charge in [-0.25, -0.2) is 19.3 Å². The fourth-order valence-corrected chi connectivity index (χ4v) is 2.93. The van der Waals surface area contributed by atoms with Crippen molar-refractivity contribution in [3.63, 3.8) is 0 Å². The molecule has 10 nitrogen and oxygen atoms in total. The van der Waals surface area contributed by atoms with E-state index in [1.165, 1.54) is 48.4 Å². The van der Waals surface area contributed by atoms with Crippen LogP contribution in [-0.4, -0.2) is 51.6 Å². The molecule has 1 N–H and O–H groups in total. The van der Waals surface area contributed by atoms with Gasteiger partial charge in [0.2, 0.25) is 0 Å². The van der Waals surface area contributed by atoms with Gasteiger partial charge in [0.25, 0.3) is 5.56 Å². The second kappa shape index (κ2) is 9.03. The summed E-state index contributed by atoms with van der Waals surface area (Å²) < 4.78 is 12.5. The van der Waals surface area contributed by atoms with Gasteiger partial charge in [-0.3, -0.25) is 9.36 Å². The molecule has 0 aliphatic carbocycles. The third-order valence-electron chi connectivity index (χ3n) is 4.53. The second-order valence-corrected chi connectivity index (χ2v) is 6.41. The first kappa shape index (κ1) is 20.8. The summed E-state index contributed by atoms with van der Waals surface area (Å²) in [4.78, 5) is 40.7. The first-order chi connectivity index (χ1) is 14.4. The molecular formula is C20H21N5O5. The van der Waals surface area contributed by atoms with Gasteiger partial charge in [0, 0.05) is 25.9 Å². The van der Waals surface area contributed by atoms with E-state index >= 15 is 0 Å². The average molecular weight is 411 g/mol. The molecule has 10 heteroatoms. The molecule has 0 aliphatic rings. The number of aromatic nitrogens is 4. The van der Waals surface area contributed by atoms with E-state index in [0.717, 1.165) is 5.56 Å². The molecule has 1 aromatic carbocycles. The summed E-state index contributed by atoms with van der Waals surface area (Å²) in [5.41, 5.74) is 1.52. The van der Waals surface area contributed by atoms with Crippen molar-refractivity contribution >= 4 is 12.0 Å². The highest BCUT2D eigenvalue weighted by molar-refractivity contribution is 5.84. The van der Waals surface area contributed by atoms with Crippen LogP contribution in [0.1, 0.15) is 5.56 Å². The fraction of sp³-hybridized carbons (Fsp3) is 0.250. The van der Waals surface area contributed by atoms with Gasteiger partial charge in [-0.2, -0.15) is 5.10 Å². The molecule has 3 aromatic rings. The highest BCUT2D eigenvalue weighted by Gasteiger charge is 2.23. The van der Waals surface area contributed by atoms with Crippen LogP contribution in [0, 0.1) is 0 Å². The number of aryl methyl sites for hydroxylation is 1. The summed E-state index contributed by atoms with van der Waals surface area (Å²) in [5, 5.41) is 6.58. The van der Waals surface area contributed by atoms with Gasteiger partial charge in [-0.05, 0) is 11.1 Å². The Morgan fingerprint density at radius 2 is 1.93 bits per heavy atom. The lowest BCUT2D eigenvalue weighted by atomic mass is 10.0. The van der Waals surface area contributed by atoms with E-state index < -0.39 is 18.0 Å². The number of nitrogens with zero attached hydrogens (tertiary/aromatic N) is 4. The first-order valence-corrected chi connectivity index (χ1v) is 9.01. The van der Waals surface area contributed by atoms with Crippen LogP contribution in [0.4, 0.5) is 4.79 Å². The molecular weight excluding hydrogens is 390 g/mol. The summed E-state index contributed by atoms with van der Waals surface area (Å²) >= 11 is 0. The van der Waals surface area contributed by atoms with Gasteiger partial charge in [-0.15, -0.1) is 0 Å². The Labute approximate surface area is 172 Å². The zero-order valence-corrected chi connectivity index (χ0v) is 16.7. The van der Waals surface area contributed by atoms with E-state index in [1.807, 2.05) is 0 Å². The van der Waals surface area contributed by atoms with Crippen molar-refractivity contribution in [3.05, 3.63) is 65.1 Å². The van der Waals surface area contributed by atoms with Gasteiger partial charge < -0.3 is 14.8 Å². The molecule has 0 fully saturated rings. The highest BCUT2D eigenvalue weighted by Crippen LogP contribution is 2.25. The third-order valence-corrected chi connectivity index (χ3v) is 4.53. The summed E-state index contributed by atoms with van der Waals surface area (Å²) in [6.45, 7) is 0. The Kier molecular flexibility index (Phi) is 6.26. The van der Waals surface area contributed by atoms with Gasteiger partial charge in [0.05, 0.1) is 26.0 Å². The molecule has 0 radical (unpaired) electrons. The van der Waals surface area contributed by atoms with Crippen molar-refractivity contribution in [2.75, 3.05) is 14.2 Å². The molecule has 1 atom stereocenters. The van der Waals surface area contributed by atoms with Gasteiger partial charge in [0.1, 0.15) is 12.4 Å². The number of rotatable bonds is 6. The standard InChI is InChI=1S/C20H21N5O5/c1-24-18(26)17(16(29-2)11-22-24)14-6-4-13(5-7-14)10-15(19(27)30-3)23-20(28)25-9-8-21-12-25/h4-9,11-12,15H,10H2,1-3H3,(H,23,28)/t15-/m0/s1. The van der Waals surface area contributed by atoms with Crippen molar-refractivity contribution in [1.29, 1.82) is 0 Å². The van der Waals surface area contributed by atoms with Crippen molar-refractivity contribution in [2.24, 2.45) is 7.05 Å². The zero-order chi connectivity index (χ0) is 21.7. The summed E-state index contributed by atoms with van der Waals surface area (Å²) in [6.07, 6.45) is 5.95. The van der Waals surface area contributed by atoms with Crippen molar-refractivity contribution in [3.8, 4) is 16.9 Å². The Morgan fingerprint density at radius 1 is 1.20 bits per heavy atom. The SMILES string of the molecule is COC(=O)[C@H](Cc1ccc(-c2c(OC)cnn(C)c2=O)cc1)NC(=O)n1ccnc1. The fourth-order valence-electron chi connectivity index (χ4n) is 2.93. The Balaban J connectivity index is 1.83. The maximum atomic E-state index is 12.5. The smallest absolute Gasteiger partial charge is 0.328 e. The van der Waals surface area contributed by atoms with Crippen molar-refractivity contribution < 1.29 is 19.1 Å². The number of carbonyl (C=O) groups excluding carboxylic acids is 2. The lowest BCUT2D eigenvalue weighted by Gasteiger charge is -2.17. The number of nitrogens with one attached hydrogen (secondary N) is 1. The Hall–Kier alpha value is -3.95. The number of imidazole rings is 1. The molecule has 2 heterocycles. The molecule has 3 rings (SSSR count). The number of benzene rings is 1. The Bertz CT molecular complexity index is 1090. The van der Waals surface area contributed by atoms with E-state index in [0.29, 0.717) is 16.9 Å². The summed E-state index contributed by atoms with van der Waals surface area (Å²) in [5.74, 6) is -0.205. The van der Waals surface area contributed by atoms with E-state index in [4.69, 9.17) is 9.47 Å². The number of hydrogen-bond acceptors (Lipinski definition) is 7. The maximum absolute atomic E-state index is 12.5. The minimum atomic E-state index is -0.890. The van der Waals surface area contributed by atoms with Crippen LogP contribution in [0.15, 0.2) is 54.0 Å². The van der Waals surface area contributed by atoms with E-state index in [9.17, 15) is 14.4 Å². The minimum Gasteiger partial charge on any atom is -0.494 e. The monoisotopic (exact) mass is 411 g/mol. The average Bonchev–Trinajstić information content (AvgIpc) is 3.30. The van der Waals surface area contributed by atoms with E-state index in [1.54, 1.807) is 31.3 Å². The van der Waals surface area contributed by atoms with E-state index in [-0.39, 0.29) is 12.0 Å².